The number of benzene rings is 1. The highest BCUT2D eigenvalue weighted by Gasteiger charge is 2.20. The van der Waals surface area contributed by atoms with Gasteiger partial charge in [-0.25, -0.2) is 14.2 Å². The zero-order valence-corrected chi connectivity index (χ0v) is 12.7. The van der Waals surface area contributed by atoms with Crippen LogP contribution in [0.1, 0.15) is 24.2 Å². The molecule has 0 bridgehead atoms. The minimum atomic E-state index is -0.372. The van der Waals surface area contributed by atoms with Gasteiger partial charge >= 0.3 is 17.1 Å². The van der Waals surface area contributed by atoms with Gasteiger partial charge in [-0.05, 0) is 43.4 Å². The highest BCUT2D eigenvalue weighted by molar-refractivity contribution is 7.21. The molecular formula is C14H17N2O4S+. The molecule has 2 aromatic rings. The van der Waals surface area contributed by atoms with Crippen molar-refractivity contribution in [3.8, 4) is 0 Å². The number of hydrogen-bond donors (Lipinski definition) is 1. The molecule has 0 spiro atoms. The lowest BCUT2D eigenvalue weighted by Gasteiger charge is -2.02. The Bertz CT molecular complexity index is 681. The topological polar surface area (TPSA) is 82.5 Å². The van der Waals surface area contributed by atoms with E-state index in [-0.39, 0.29) is 18.5 Å². The van der Waals surface area contributed by atoms with Gasteiger partial charge in [-0.3, -0.25) is 5.73 Å². The van der Waals surface area contributed by atoms with Gasteiger partial charge < -0.3 is 9.47 Å². The van der Waals surface area contributed by atoms with Crippen molar-refractivity contribution < 1.29 is 23.6 Å². The van der Waals surface area contributed by atoms with Crippen LogP contribution < -0.4 is 10.3 Å². The number of nitrogens with two attached hydrogens (primary N) is 1. The number of nitrogen functional groups attached to an aromatic ring is 1. The van der Waals surface area contributed by atoms with E-state index in [0.717, 1.165) is 10.2 Å². The van der Waals surface area contributed by atoms with E-state index in [2.05, 4.69) is 0 Å². The van der Waals surface area contributed by atoms with Crippen LogP contribution in [0.5, 0.6) is 0 Å². The summed E-state index contributed by atoms with van der Waals surface area (Å²) >= 11 is 1.31. The number of carbonyl (C=O) groups excluding carboxylic acids is 2. The number of fused-ring (bicyclic) bond motifs is 1. The Morgan fingerprint density at radius 3 is 2.62 bits per heavy atom. The lowest BCUT2D eigenvalue weighted by molar-refractivity contribution is -0.641. The Labute approximate surface area is 126 Å². The van der Waals surface area contributed by atoms with Crippen LogP contribution >= 0.6 is 11.3 Å². The number of anilines is 1. The molecule has 0 aliphatic rings. The van der Waals surface area contributed by atoms with Crippen molar-refractivity contribution in [1.29, 1.82) is 0 Å². The van der Waals surface area contributed by atoms with Crippen LogP contribution in [0.4, 0.5) is 5.13 Å². The standard InChI is InChI=1S/C14H16N2O4S/c1-3-19-12(17)8-16-10-6-5-9(13(18)20-4-2)7-11(10)21-14(16)15/h5-7,15H,3-4,8H2,1-2H3/p+1. The summed E-state index contributed by atoms with van der Waals surface area (Å²) in [7, 11) is 0. The summed E-state index contributed by atoms with van der Waals surface area (Å²) in [6.07, 6.45) is 0. The molecule has 0 saturated heterocycles. The van der Waals surface area contributed by atoms with E-state index < -0.39 is 0 Å². The number of ether oxygens (including phenoxy) is 2. The summed E-state index contributed by atoms with van der Waals surface area (Å²) in [5, 5.41) is 0.485. The van der Waals surface area contributed by atoms with Gasteiger partial charge in [0.2, 0.25) is 0 Å². The number of esters is 2. The fourth-order valence-corrected chi connectivity index (χ4v) is 2.91. The zero-order chi connectivity index (χ0) is 15.4. The fourth-order valence-electron chi connectivity index (χ4n) is 1.95. The van der Waals surface area contributed by atoms with Gasteiger partial charge in [0.05, 0.1) is 23.5 Å². The molecule has 6 nitrogen and oxygen atoms in total. The smallest absolute Gasteiger partial charge is 0.348 e. The molecule has 112 valence electrons. The van der Waals surface area contributed by atoms with E-state index in [1.165, 1.54) is 11.3 Å². The molecule has 0 saturated carbocycles. The van der Waals surface area contributed by atoms with Gasteiger partial charge in [0, 0.05) is 0 Å². The van der Waals surface area contributed by atoms with Gasteiger partial charge in [0.25, 0.3) is 0 Å². The average molecular weight is 309 g/mol. The minimum Gasteiger partial charge on any atom is -0.463 e. The van der Waals surface area contributed by atoms with Crippen molar-refractivity contribution in [2.75, 3.05) is 18.9 Å². The molecule has 0 aliphatic heterocycles. The van der Waals surface area contributed by atoms with Crippen molar-refractivity contribution in [1.82, 2.24) is 0 Å². The van der Waals surface area contributed by atoms with Crippen molar-refractivity contribution in [2.24, 2.45) is 0 Å². The monoisotopic (exact) mass is 309 g/mol. The van der Waals surface area contributed by atoms with Crippen molar-refractivity contribution in [2.45, 2.75) is 20.4 Å². The molecule has 7 heteroatoms. The molecule has 0 aliphatic carbocycles. The van der Waals surface area contributed by atoms with E-state index in [4.69, 9.17) is 15.2 Å². The zero-order valence-electron chi connectivity index (χ0n) is 11.9. The van der Waals surface area contributed by atoms with E-state index in [1.54, 1.807) is 36.6 Å². The molecule has 21 heavy (non-hydrogen) atoms. The Hall–Kier alpha value is -2.15. The van der Waals surface area contributed by atoms with Gasteiger partial charge in [-0.15, -0.1) is 0 Å². The van der Waals surface area contributed by atoms with Crippen LogP contribution in [0.15, 0.2) is 18.2 Å². The highest BCUT2D eigenvalue weighted by Crippen LogP contribution is 2.23. The second kappa shape index (κ2) is 6.53. The molecule has 0 radical (unpaired) electrons. The fraction of sp³-hybridized carbons (Fsp3) is 0.357. The minimum absolute atomic E-state index is 0.0540. The first kappa shape index (κ1) is 15.2. The summed E-state index contributed by atoms with van der Waals surface area (Å²) in [5.41, 5.74) is 7.20. The van der Waals surface area contributed by atoms with E-state index in [0.29, 0.717) is 23.9 Å². The largest absolute Gasteiger partial charge is 0.463 e. The molecule has 2 rings (SSSR count). The van der Waals surface area contributed by atoms with Crippen LogP contribution in [0, 0.1) is 0 Å². The summed E-state index contributed by atoms with van der Waals surface area (Å²) < 4.78 is 12.4. The van der Waals surface area contributed by atoms with E-state index in [1.807, 2.05) is 0 Å². The molecular weight excluding hydrogens is 292 g/mol. The number of thiazole rings is 1. The number of hydrogen-bond acceptors (Lipinski definition) is 6. The normalized spacial score (nSPS) is 10.6. The molecule has 0 amide bonds. The number of carbonyl (C=O) groups is 2. The van der Waals surface area contributed by atoms with Gasteiger partial charge in [0.1, 0.15) is 5.52 Å². The maximum Gasteiger partial charge on any atom is 0.348 e. The van der Waals surface area contributed by atoms with Crippen molar-refractivity contribution >= 4 is 38.6 Å². The first-order valence-corrected chi connectivity index (χ1v) is 7.43. The van der Waals surface area contributed by atoms with Crippen molar-refractivity contribution in [3.63, 3.8) is 0 Å². The Morgan fingerprint density at radius 2 is 1.95 bits per heavy atom. The third-order valence-corrected chi connectivity index (χ3v) is 3.81. The summed E-state index contributed by atoms with van der Waals surface area (Å²) in [6.45, 7) is 4.22. The highest BCUT2D eigenvalue weighted by atomic mass is 32.1. The Morgan fingerprint density at radius 1 is 1.24 bits per heavy atom. The van der Waals surface area contributed by atoms with E-state index >= 15 is 0 Å². The van der Waals surface area contributed by atoms with Crippen molar-refractivity contribution in [3.05, 3.63) is 23.8 Å². The van der Waals surface area contributed by atoms with Crippen LogP contribution in [0.2, 0.25) is 0 Å². The maximum absolute atomic E-state index is 11.7. The molecule has 0 unspecified atom stereocenters. The average Bonchev–Trinajstić information content (AvgIpc) is 2.75. The lowest BCUT2D eigenvalue weighted by Crippen LogP contribution is -2.39. The first-order valence-electron chi connectivity index (χ1n) is 6.61. The Kier molecular flexibility index (Phi) is 4.74. The van der Waals surface area contributed by atoms with Gasteiger partial charge in [-0.1, -0.05) is 0 Å². The van der Waals surface area contributed by atoms with Crippen LogP contribution in [-0.4, -0.2) is 25.2 Å². The summed E-state index contributed by atoms with van der Waals surface area (Å²) in [6, 6.07) is 5.14. The van der Waals surface area contributed by atoms with Crippen LogP contribution in [0.3, 0.4) is 0 Å². The molecule has 1 aromatic carbocycles. The molecule has 2 N–H and O–H groups in total. The van der Waals surface area contributed by atoms with E-state index in [9.17, 15) is 9.59 Å². The SMILES string of the molecule is CCOC(=O)C[n+]1c(N)sc2cc(C(=O)OCC)ccc21. The van der Waals surface area contributed by atoms with Crippen LogP contribution in [0.25, 0.3) is 10.2 Å². The number of rotatable bonds is 5. The maximum atomic E-state index is 11.7. The second-order valence-electron chi connectivity index (χ2n) is 4.23. The third kappa shape index (κ3) is 3.30. The number of nitrogens with zero attached hydrogens (tertiary/aromatic N) is 1. The second-order valence-corrected chi connectivity index (χ2v) is 5.30. The third-order valence-electron chi connectivity index (χ3n) is 2.83. The summed E-state index contributed by atoms with van der Waals surface area (Å²) in [4.78, 5) is 23.3. The van der Waals surface area contributed by atoms with Gasteiger partial charge in [0.15, 0.2) is 6.54 Å². The molecule has 1 heterocycles. The summed E-state index contributed by atoms with van der Waals surface area (Å²) in [5.74, 6) is -0.716. The molecule has 0 fully saturated rings. The Balaban J connectivity index is 2.34. The quantitative estimate of drug-likeness (QED) is 0.668. The predicted octanol–water partition coefficient (Wildman–Crippen LogP) is 1.51. The molecule has 0 atom stereocenters. The predicted molar refractivity (Wildman–Crippen MR) is 79.0 cm³/mol. The van der Waals surface area contributed by atoms with Crippen LogP contribution in [-0.2, 0) is 20.8 Å². The lowest BCUT2D eigenvalue weighted by atomic mass is 10.2. The number of aromatic nitrogens is 1. The molecule has 1 aromatic heterocycles. The first-order chi connectivity index (χ1) is 10.1. The van der Waals surface area contributed by atoms with Gasteiger partial charge in [-0.2, -0.15) is 0 Å².